The van der Waals surface area contributed by atoms with Crippen molar-refractivity contribution < 1.29 is 29.0 Å². The Morgan fingerprint density at radius 3 is 2.03 bits per heavy atom. The van der Waals surface area contributed by atoms with Gasteiger partial charge >= 0.3 is 11.9 Å². The molecule has 7 nitrogen and oxygen atoms in total. The van der Waals surface area contributed by atoms with Crippen molar-refractivity contribution in [2.24, 2.45) is 11.8 Å². The Kier molecular flexibility index (Phi) is 7.36. The van der Waals surface area contributed by atoms with Crippen molar-refractivity contribution in [3.8, 4) is 0 Å². The Morgan fingerprint density at radius 2 is 1.49 bits per heavy atom. The molecule has 1 heterocycles. The van der Waals surface area contributed by atoms with Crippen molar-refractivity contribution in [1.82, 2.24) is 4.98 Å². The molecular weight excluding hydrogens is 446 g/mol. The number of aliphatic hydroxyl groups is 1. The highest BCUT2D eigenvalue weighted by Crippen LogP contribution is 2.46. The molecule has 35 heavy (non-hydrogen) atoms. The first-order chi connectivity index (χ1) is 16.9. The first-order valence-corrected chi connectivity index (χ1v) is 11.4. The van der Waals surface area contributed by atoms with Crippen LogP contribution in [0, 0.1) is 11.8 Å². The number of Topliss-reactive ketones (excluding diaryl/α,β-unsaturated/α-hetero) is 1. The molecule has 1 N–H and O–H groups in total. The van der Waals surface area contributed by atoms with Gasteiger partial charge in [0, 0.05) is 24.7 Å². The molecule has 1 aliphatic rings. The predicted molar refractivity (Wildman–Crippen MR) is 127 cm³/mol. The number of ether oxygens (including phenoxy) is 2. The van der Waals surface area contributed by atoms with E-state index in [0.29, 0.717) is 5.56 Å². The number of rotatable bonds is 7. The number of hydrogen-bond acceptors (Lipinski definition) is 7. The minimum absolute atomic E-state index is 0.00306. The Morgan fingerprint density at radius 1 is 0.914 bits per heavy atom. The number of aromatic nitrogens is 1. The molecule has 180 valence electrons. The Balaban J connectivity index is 1.64. The van der Waals surface area contributed by atoms with Gasteiger partial charge in [-0.2, -0.15) is 0 Å². The number of hydrogen-bond donors (Lipinski definition) is 1. The lowest BCUT2D eigenvalue weighted by molar-refractivity contribution is -0.174. The van der Waals surface area contributed by atoms with Crippen LogP contribution in [-0.2, 0) is 37.1 Å². The van der Waals surface area contributed by atoms with Crippen molar-refractivity contribution >= 4 is 17.7 Å². The summed E-state index contributed by atoms with van der Waals surface area (Å²) in [5.41, 5.74) is 0.308. The van der Waals surface area contributed by atoms with Crippen molar-refractivity contribution in [2.45, 2.75) is 38.1 Å². The average Bonchev–Trinajstić information content (AvgIpc) is 2.86. The summed E-state index contributed by atoms with van der Waals surface area (Å²) >= 11 is 0. The van der Waals surface area contributed by atoms with Crippen LogP contribution in [0.3, 0.4) is 0 Å². The Labute approximate surface area is 203 Å². The standard InChI is InChI=1S/C28H27NO6/c1-28(33)15-22(30)24(26(31)34-17-19-9-4-2-5-10-19)23(21-13-8-14-29-16-21)25(28)27(32)35-18-20-11-6-3-7-12-20/h2-14,16,23-25,33H,15,17-18H2,1H3/t23-,24+,25-,28+/m1/s1. The van der Waals surface area contributed by atoms with Crippen LogP contribution in [0.25, 0.3) is 0 Å². The molecule has 4 rings (SSSR count). The Bertz CT molecular complexity index is 1160. The van der Waals surface area contributed by atoms with Gasteiger partial charge in [0.15, 0.2) is 5.78 Å². The van der Waals surface area contributed by atoms with E-state index in [-0.39, 0.29) is 19.6 Å². The zero-order valence-corrected chi connectivity index (χ0v) is 19.4. The molecule has 0 spiro atoms. The molecule has 1 fully saturated rings. The van der Waals surface area contributed by atoms with Crippen molar-refractivity contribution in [2.75, 3.05) is 0 Å². The van der Waals surface area contributed by atoms with Crippen LogP contribution in [0.5, 0.6) is 0 Å². The van der Waals surface area contributed by atoms with E-state index in [1.807, 2.05) is 60.7 Å². The molecule has 0 aliphatic heterocycles. The zero-order valence-electron chi connectivity index (χ0n) is 19.4. The summed E-state index contributed by atoms with van der Waals surface area (Å²) < 4.78 is 11.1. The monoisotopic (exact) mass is 473 g/mol. The third-order valence-electron chi connectivity index (χ3n) is 6.29. The zero-order chi connectivity index (χ0) is 24.8. The number of carbonyl (C=O) groups is 3. The SMILES string of the molecule is C[C@]1(O)CC(=O)[C@H](C(=O)OCc2ccccc2)[C@@H](c2cccnc2)[C@@H]1C(=O)OCc1ccccc1. The number of esters is 2. The van der Waals surface area contributed by atoms with Crippen LogP contribution in [0.2, 0.25) is 0 Å². The van der Waals surface area contributed by atoms with Crippen molar-refractivity contribution in [3.63, 3.8) is 0 Å². The molecule has 4 atom stereocenters. The average molecular weight is 474 g/mol. The van der Waals surface area contributed by atoms with E-state index in [9.17, 15) is 19.5 Å². The molecular formula is C28H27NO6. The van der Waals surface area contributed by atoms with E-state index in [1.165, 1.54) is 13.1 Å². The van der Waals surface area contributed by atoms with Crippen LogP contribution in [0.15, 0.2) is 85.2 Å². The summed E-state index contributed by atoms with van der Waals surface area (Å²) in [5, 5.41) is 11.2. The highest BCUT2D eigenvalue weighted by Gasteiger charge is 2.57. The van der Waals surface area contributed by atoms with Gasteiger partial charge in [0.25, 0.3) is 0 Å². The van der Waals surface area contributed by atoms with Gasteiger partial charge in [-0.25, -0.2) is 0 Å². The second kappa shape index (κ2) is 10.6. The first-order valence-electron chi connectivity index (χ1n) is 11.4. The minimum atomic E-state index is -1.72. The van der Waals surface area contributed by atoms with Crippen molar-refractivity contribution in [3.05, 3.63) is 102 Å². The highest BCUT2D eigenvalue weighted by atomic mass is 16.5. The van der Waals surface area contributed by atoms with Gasteiger partial charge in [0.05, 0.1) is 11.5 Å². The second-order valence-corrected chi connectivity index (χ2v) is 8.95. The molecule has 1 aliphatic carbocycles. The molecule has 0 bridgehead atoms. The topological polar surface area (TPSA) is 103 Å². The molecule has 7 heteroatoms. The van der Waals surface area contributed by atoms with Gasteiger partial charge in [-0.15, -0.1) is 0 Å². The van der Waals surface area contributed by atoms with E-state index in [4.69, 9.17) is 9.47 Å². The maximum Gasteiger partial charge on any atom is 0.317 e. The molecule has 0 radical (unpaired) electrons. The molecule has 2 aromatic carbocycles. The second-order valence-electron chi connectivity index (χ2n) is 8.95. The Hall–Kier alpha value is -3.84. The number of nitrogens with zero attached hydrogens (tertiary/aromatic N) is 1. The van der Waals surface area contributed by atoms with E-state index in [2.05, 4.69) is 4.98 Å². The summed E-state index contributed by atoms with van der Waals surface area (Å²) in [5.74, 6) is -5.38. The van der Waals surface area contributed by atoms with Crippen molar-refractivity contribution in [1.29, 1.82) is 0 Å². The summed E-state index contributed by atoms with van der Waals surface area (Å²) in [4.78, 5) is 43.9. The lowest BCUT2D eigenvalue weighted by Gasteiger charge is -2.43. The predicted octanol–water partition coefficient (Wildman–Crippen LogP) is 3.61. The fourth-order valence-corrected chi connectivity index (χ4v) is 4.63. The largest absolute Gasteiger partial charge is 0.461 e. The molecule has 0 saturated heterocycles. The van der Waals surface area contributed by atoms with Gasteiger partial charge in [-0.05, 0) is 29.7 Å². The minimum Gasteiger partial charge on any atom is -0.461 e. The van der Waals surface area contributed by atoms with Gasteiger partial charge < -0.3 is 14.6 Å². The quantitative estimate of drug-likeness (QED) is 0.413. The smallest absolute Gasteiger partial charge is 0.317 e. The summed E-state index contributed by atoms with van der Waals surface area (Å²) in [6.07, 6.45) is 2.67. The summed E-state index contributed by atoms with van der Waals surface area (Å²) in [6.45, 7) is 1.42. The third kappa shape index (κ3) is 5.63. The number of pyridine rings is 1. The molecule has 3 aromatic rings. The number of benzene rings is 2. The van der Waals surface area contributed by atoms with E-state index >= 15 is 0 Å². The number of carbonyl (C=O) groups excluding carboxylic acids is 3. The lowest BCUT2D eigenvalue weighted by Crippen LogP contribution is -2.55. The van der Waals surface area contributed by atoms with Gasteiger partial charge in [0.2, 0.25) is 0 Å². The van der Waals surface area contributed by atoms with Crippen LogP contribution in [-0.4, -0.2) is 33.4 Å². The van der Waals surface area contributed by atoms with Crippen LogP contribution < -0.4 is 0 Å². The fourth-order valence-electron chi connectivity index (χ4n) is 4.63. The van der Waals surface area contributed by atoms with Gasteiger partial charge in [0.1, 0.15) is 19.1 Å². The summed E-state index contributed by atoms with van der Waals surface area (Å²) in [7, 11) is 0. The van der Waals surface area contributed by atoms with Crippen LogP contribution >= 0.6 is 0 Å². The van der Waals surface area contributed by atoms with E-state index in [1.54, 1.807) is 18.3 Å². The summed E-state index contributed by atoms with van der Waals surface area (Å²) in [6, 6.07) is 21.6. The van der Waals surface area contributed by atoms with Crippen LogP contribution in [0.1, 0.15) is 36.0 Å². The molecule has 1 saturated carbocycles. The lowest BCUT2D eigenvalue weighted by atomic mass is 9.62. The normalized spacial score (nSPS) is 23.9. The van der Waals surface area contributed by atoms with Crippen LogP contribution in [0.4, 0.5) is 0 Å². The molecule has 0 unspecified atom stereocenters. The van der Waals surface area contributed by atoms with Gasteiger partial charge in [-0.3, -0.25) is 19.4 Å². The fraction of sp³-hybridized carbons (Fsp3) is 0.286. The van der Waals surface area contributed by atoms with E-state index < -0.39 is 41.1 Å². The number of ketones is 1. The highest BCUT2D eigenvalue weighted by molar-refractivity contribution is 6.02. The maximum absolute atomic E-state index is 13.4. The van der Waals surface area contributed by atoms with Gasteiger partial charge in [-0.1, -0.05) is 66.7 Å². The third-order valence-corrected chi connectivity index (χ3v) is 6.29. The van der Waals surface area contributed by atoms with E-state index in [0.717, 1.165) is 11.1 Å². The first kappa shape index (κ1) is 24.3. The molecule has 0 amide bonds. The molecule has 1 aromatic heterocycles. The maximum atomic E-state index is 13.4.